The Hall–Kier alpha value is -2.87. The molecule has 0 radical (unpaired) electrons. The number of anilines is 1. The molecule has 5 rings (SSSR count). The summed E-state index contributed by atoms with van der Waals surface area (Å²) in [4.78, 5) is 44.4. The van der Waals surface area contributed by atoms with Gasteiger partial charge in [-0.25, -0.2) is 13.4 Å². The largest absolute Gasteiger partial charge is 0.384 e. The van der Waals surface area contributed by atoms with E-state index in [0.717, 1.165) is 26.3 Å². The van der Waals surface area contributed by atoms with Gasteiger partial charge in [-0.3, -0.25) is 29.2 Å². The van der Waals surface area contributed by atoms with Gasteiger partial charge >= 0.3 is 0 Å². The van der Waals surface area contributed by atoms with E-state index in [2.05, 4.69) is 20.5 Å². The lowest BCUT2D eigenvalue weighted by atomic mass is 10.1. The number of hydrogen-bond donors (Lipinski definition) is 2. The highest BCUT2D eigenvalue weighted by Gasteiger charge is 2.33. The normalized spacial score (nSPS) is 21.9. The van der Waals surface area contributed by atoms with Crippen molar-refractivity contribution in [2.75, 3.05) is 57.0 Å². The summed E-state index contributed by atoms with van der Waals surface area (Å²) in [6, 6.07) is 4.95. The number of benzene rings is 1. The summed E-state index contributed by atoms with van der Waals surface area (Å²) in [7, 11) is -3.32. The van der Waals surface area contributed by atoms with Crippen LogP contribution in [0, 0.1) is 6.92 Å². The molecule has 1 unspecified atom stereocenters. The third-order valence-electron chi connectivity index (χ3n) is 7.58. The molecule has 4 heterocycles. The van der Waals surface area contributed by atoms with Gasteiger partial charge in [0.2, 0.25) is 21.8 Å². The maximum Gasteiger partial charge on any atom is 0.264 e. The molecule has 1 aromatic carbocycles. The van der Waals surface area contributed by atoms with Crippen LogP contribution in [0.25, 0.3) is 10.9 Å². The fraction of sp³-hybridized carbons (Fsp3) is 0.600. The number of carbonyl (C=O) groups excluding carboxylic acids is 2. The number of nitrogens with zero attached hydrogens (tertiary/aromatic N) is 4. The molecule has 206 valence electrons. The van der Waals surface area contributed by atoms with E-state index in [9.17, 15) is 22.8 Å². The number of hydrogen-bond acceptors (Lipinski definition) is 9. The molecule has 3 saturated heterocycles. The highest BCUT2D eigenvalue weighted by Crippen LogP contribution is 2.23. The van der Waals surface area contributed by atoms with Gasteiger partial charge in [0, 0.05) is 44.8 Å². The van der Waals surface area contributed by atoms with Gasteiger partial charge in [0.15, 0.2) is 0 Å². The summed E-state index contributed by atoms with van der Waals surface area (Å²) < 4.78 is 33.8. The molecule has 1 atom stereocenters. The fourth-order valence-corrected chi connectivity index (χ4v) is 6.89. The van der Waals surface area contributed by atoms with E-state index >= 15 is 0 Å². The van der Waals surface area contributed by atoms with Crippen LogP contribution in [-0.2, 0) is 24.3 Å². The number of ether oxygens (including phenoxy) is 1. The van der Waals surface area contributed by atoms with Gasteiger partial charge in [0.1, 0.15) is 11.9 Å². The number of piperidine rings is 1. The number of sulfonamides is 1. The number of fused-ring (bicyclic) bond motifs is 1. The molecule has 3 aliphatic heterocycles. The SMILES string of the molecule is Cc1nc2cccc(NCCCCS(=O)(=O)N3CCN(C4COC4)CC3)c2c(=O)n1C1CCC(=O)NC1=O. The van der Waals surface area contributed by atoms with Crippen molar-refractivity contribution in [1.82, 2.24) is 24.1 Å². The van der Waals surface area contributed by atoms with E-state index < -0.39 is 22.0 Å². The van der Waals surface area contributed by atoms with Crippen LogP contribution in [0.4, 0.5) is 5.69 Å². The first-order chi connectivity index (χ1) is 18.2. The molecular weight excluding hydrogens is 512 g/mol. The van der Waals surface area contributed by atoms with Crippen LogP contribution in [0.2, 0.25) is 0 Å². The van der Waals surface area contributed by atoms with E-state index in [0.29, 0.717) is 60.9 Å². The van der Waals surface area contributed by atoms with Gasteiger partial charge in [-0.15, -0.1) is 0 Å². The average Bonchev–Trinajstić information content (AvgIpc) is 2.84. The van der Waals surface area contributed by atoms with Crippen LogP contribution in [-0.4, -0.2) is 96.7 Å². The number of imide groups is 1. The van der Waals surface area contributed by atoms with Crippen LogP contribution in [0.15, 0.2) is 23.0 Å². The van der Waals surface area contributed by atoms with Crippen molar-refractivity contribution in [3.63, 3.8) is 0 Å². The molecule has 12 nitrogen and oxygen atoms in total. The van der Waals surface area contributed by atoms with Crippen molar-refractivity contribution in [2.45, 2.75) is 44.7 Å². The van der Waals surface area contributed by atoms with Crippen LogP contribution >= 0.6 is 0 Å². The van der Waals surface area contributed by atoms with E-state index in [1.54, 1.807) is 29.4 Å². The highest BCUT2D eigenvalue weighted by atomic mass is 32.2. The predicted octanol–water partition coefficient (Wildman–Crippen LogP) is 0.221. The number of aromatic nitrogens is 2. The molecular formula is C25H34N6O6S. The first-order valence-electron chi connectivity index (χ1n) is 13.1. The lowest BCUT2D eigenvalue weighted by Crippen LogP contribution is -2.57. The summed E-state index contributed by atoms with van der Waals surface area (Å²) in [6.07, 6.45) is 1.51. The van der Waals surface area contributed by atoms with Crippen molar-refractivity contribution in [3.05, 3.63) is 34.4 Å². The Morgan fingerprint density at radius 1 is 1.11 bits per heavy atom. The van der Waals surface area contributed by atoms with Crippen LogP contribution < -0.4 is 16.2 Å². The smallest absolute Gasteiger partial charge is 0.264 e. The zero-order chi connectivity index (χ0) is 26.9. The first-order valence-corrected chi connectivity index (χ1v) is 14.7. The molecule has 38 heavy (non-hydrogen) atoms. The van der Waals surface area contributed by atoms with Gasteiger partial charge in [0.25, 0.3) is 5.56 Å². The topological polar surface area (TPSA) is 143 Å². The van der Waals surface area contributed by atoms with Gasteiger partial charge in [-0.05, 0) is 38.3 Å². The minimum absolute atomic E-state index is 0.0832. The Balaban J connectivity index is 1.19. The lowest BCUT2D eigenvalue weighted by molar-refractivity contribution is -0.135. The number of piperazine rings is 1. The number of carbonyl (C=O) groups is 2. The Bertz CT molecular complexity index is 1380. The Labute approximate surface area is 221 Å². The second-order valence-electron chi connectivity index (χ2n) is 10.1. The fourth-order valence-electron chi connectivity index (χ4n) is 5.34. The lowest BCUT2D eigenvalue weighted by Gasteiger charge is -2.42. The molecule has 0 spiro atoms. The van der Waals surface area contributed by atoms with Crippen molar-refractivity contribution in [2.24, 2.45) is 0 Å². The molecule has 3 aliphatic rings. The Kier molecular flexibility index (Phi) is 7.80. The molecule has 1 aromatic heterocycles. The van der Waals surface area contributed by atoms with E-state index in [1.165, 1.54) is 4.57 Å². The first kappa shape index (κ1) is 26.7. The number of amides is 2. The average molecular weight is 547 g/mol. The van der Waals surface area contributed by atoms with Crippen molar-refractivity contribution < 1.29 is 22.7 Å². The molecule has 0 saturated carbocycles. The predicted molar refractivity (Wildman–Crippen MR) is 141 cm³/mol. The highest BCUT2D eigenvalue weighted by molar-refractivity contribution is 7.89. The molecule has 2 N–H and O–H groups in total. The zero-order valence-corrected chi connectivity index (χ0v) is 22.3. The van der Waals surface area contributed by atoms with Crippen LogP contribution in [0.5, 0.6) is 0 Å². The monoisotopic (exact) mass is 546 g/mol. The zero-order valence-electron chi connectivity index (χ0n) is 21.5. The third-order valence-corrected chi connectivity index (χ3v) is 9.53. The quantitative estimate of drug-likeness (QED) is 0.334. The summed E-state index contributed by atoms with van der Waals surface area (Å²) in [6.45, 7) is 6.12. The van der Waals surface area contributed by atoms with Crippen molar-refractivity contribution >= 4 is 38.4 Å². The maximum absolute atomic E-state index is 13.5. The van der Waals surface area contributed by atoms with E-state index in [-0.39, 0.29) is 30.1 Å². The minimum atomic E-state index is -3.32. The summed E-state index contributed by atoms with van der Waals surface area (Å²) in [5.41, 5.74) is 0.747. The molecule has 0 bridgehead atoms. The van der Waals surface area contributed by atoms with Gasteiger partial charge in [-0.2, -0.15) is 4.31 Å². The molecule has 3 fully saturated rings. The maximum atomic E-state index is 13.5. The van der Waals surface area contributed by atoms with Gasteiger partial charge in [0.05, 0.1) is 35.9 Å². The van der Waals surface area contributed by atoms with Crippen LogP contribution in [0.1, 0.15) is 37.5 Å². The molecule has 13 heteroatoms. The molecule has 2 amide bonds. The summed E-state index contributed by atoms with van der Waals surface area (Å²) >= 11 is 0. The minimum Gasteiger partial charge on any atom is -0.384 e. The standard InChI is InChI=1S/C25H34N6O6S/c1-17-27-20-6-4-5-19(23(20)25(34)31(17)21-7-8-22(32)28-24(21)33)26-9-2-3-14-38(35,36)30-12-10-29(11-13-30)18-15-37-16-18/h4-6,18,21,26H,2-3,7-16H2,1H3,(H,28,32,33). The number of nitrogens with one attached hydrogen (secondary N) is 2. The summed E-state index contributed by atoms with van der Waals surface area (Å²) in [5, 5.41) is 5.92. The van der Waals surface area contributed by atoms with Crippen LogP contribution in [0.3, 0.4) is 0 Å². The molecule has 2 aromatic rings. The van der Waals surface area contributed by atoms with E-state index in [4.69, 9.17) is 4.74 Å². The Morgan fingerprint density at radius 2 is 1.87 bits per heavy atom. The number of rotatable bonds is 9. The Morgan fingerprint density at radius 3 is 2.55 bits per heavy atom. The summed E-state index contributed by atoms with van der Waals surface area (Å²) in [5.74, 6) is -0.361. The second kappa shape index (κ2) is 11.1. The van der Waals surface area contributed by atoms with Gasteiger partial charge < -0.3 is 10.1 Å². The number of aryl methyl sites for hydroxylation is 1. The number of unbranched alkanes of at least 4 members (excludes halogenated alkanes) is 1. The third kappa shape index (κ3) is 5.46. The second-order valence-corrected chi connectivity index (χ2v) is 12.2. The van der Waals surface area contributed by atoms with Crippen molar-refractivity contribution in [1.29, 1.82) is 0 Å². The van der Waals surface area contributed by atoms with E-state index in [1.807, 2.05) is 0 Å². The van der Waals surface area contributed by atoms with Gasteiger partial charge in [-0.1, -0.05) is 6.07 Å². The van der Waals surface area contributed by atoms with Crippen molar-refractivity contribution in [3.8, 4) is 0 Å². The molecule has 0 aliphatic carbocycles.